The van der Waals surface area contributed by atoms with Gasteiger partial charge in [0.1, 0.15) is 0 Å². The van der Waals surface area contributed by atoms with Crippen LogP contribution in [0.25, 0.3) is 0 Å². The zero-order valence-electron chi connectivity index (χ0n) is 12.6. The molecule has 4 rings (SSSR count). The number of benzene rings is 2. The van der Waals surface area contributed by atoms with Crippen molar-refractivity contribution in [3.05, 3.63) is 65.7 Å². The van der Waals surface area contributed by atoms with Gasteiger partial charge in [-0.1, -0.05) is 48.5 Å². The van der Waals surface area contributed by atoms with E-state index < -0.39 is 0 Å². The smallest absolute Gasteiger partial charge is 0.321 e. The van der Waals surface area contributed by atoms with Crippen molar-refractivity contribution in [2.45, 2.75) is 24.7 Å². The molecule has 1 aliphatic heterocycles. The Morgan fingerprint density at radius 2 is 1.77 bits per heavy atom. The average Bonchev–Trinajstić information content (AvgIpc) is 3.25. The maximum Gasteiger partial charge on any atom is 0.321 e. The molecule has 0 spiro atoms. The fourth-order valence-electron chi connectivity index (χ4n) is 3.40. The van der Waals surface area contributed by atoms with Crippen LogP contribution in [0, 0.1) is 0 Å². The molecule has 0 saturated heterocycles. The van der Waals surface area contributed by atoms with Crippen molar-refractivity contribution in [1.82, 2.24) is 5.32 Å². The van der Waals surface area contributed by atoms with Gasteiger partial charge < -0.3 is 5.32 Å². The molecule has 0 bridgehead atoms. The van der Waals surface area contributed by atoms with Gasteiger partial charge in [-0.3, -0.25) is 4.90 Å². The normalized spacial score (nSPS) is 17.9. The highest BCUT2D eigenvalue weighted by Gasteiger charge is 2.44. The molecule has 3 heteroatoms. The Morgan fingerprint density at radius 1 is 1.05 bits per heavy atom. The highest BCUT2D eigenvalue weighted by Crippen LogP contribution is 2.47. The van der Waals surface area contributed by atoms with E-state index in [1.807, 2.05) is 29.2 Å². The summed E-state index contributed by atoms with van der Waals surface area (Å²) in [7, 11) is 0. The number of para-hydroxylation sites is 1. The Balaban J connectivity index is 1.44. The summed E-state index contributed by atoms with van der Waals surface area (Å²) in [5.41, 5.74) is 3.83. The fourth-order valence-corrected chi connectivity index (χ4v) is 3.40. The molecule has 2 amide bonds. The van der Waals surface area contributed by atoms with Crippen molar-refractivity contribution in [1.29, 1.82) is 0 Å². The standard InChI is InChI=1S/C19H20N2O/c22-18(21-13-10-15-6-4-5-9-17(15)21)20-14-19(11-12-19)16-7-2-1-3-8-16/h1-9H,10-14H2,(H,20,22). The first-order valence-corrected chi connectivity index (χ1v) is 7.97. The Bertz CT molecular complexity index is 692. The molecule has 1 fully saturated rings. The van der Waals surface area contributed by atoms with Gasteiger partial charge in [0, 0.05) is 24.2 Å². The lowest BCUT2D eigenvalue weighted by Gasteiger charge is -2.21. The molecule has 3 nitrogen and oxygen atoms in total. The Hall–Kier alpha value is -2.29. The van der Waals surface area contributed by atoms with E-state index in [1.54, 1.807) is 0 Å². The number of hydrogen-bond acceptors (Lipinski definition) is 1. The van der Waals surface area contributed by atoms with Gasteiger partial charge in [0.25, 0.3) is 0 Å². The van der Waals surface area contributed by atoms with Crippen LogP contribution in [0.1, 0.15) is 24.0 Å². The topological polar surface area (TPSA) is 32.3 Å². The molecule has 2 aromatic carbocycles. The minimum atomic E-state index is 0.0344. The number of urea groups is 1. The molecule has 2 aromatic rings. The first-order chi connectivity index (χ1) is 10.8. The van der Waals surface area contributed by atoms with Crippen LogP contribution in [-0.2, 0) is 11.8 Å². The number of anilines is 1. The summed E-state index contributed by atoms with van der Waals surface area (Å²) in [6.07, 6.45) is 3.27. The van der Waals surface area contributed by atoms with Crippen molar-refractivity contribution in [2.75, 3.05) is 18.0 Å². The third-order valence-electron chi connectivity index (χ3n) is 4.95. The third kappa shape index (κ3) is 2.27. The van der Waals surface area contributed by atoms with E-state index in [9.17, 15) is 4.79 Å². The lowest BCUT2D eigenvalue weighted by atomic mass is 9.96. The molecule has 1 N–H and O–H groups in total. The molecular weight excluding hydrogens is 272 g/mol. The maximum absolute atomic E-state index is 12.5. The van der Waals surface area contributed by atoms with E-state index in [4.69, 9.17) is 0 Å². The van der Waals surface area contributed by atoms with E-state index in [0.717, 1.165) is 38.0 Å². The molecule has 0 unspecified atom stereocenters. The SMILES string of the molecule is O=C(NCC1(c2ccccc2)CC1)N1CCc2ccccc21. The van der Waals surface area contributed by atoms with Crippen LogP contribution in [0.3, 0.4) is 0 Å². The molecule has 0 radical (unpaired) electrons. The molecular formula is C19H20N2O. The maximum atomic E-state index is 12.5. The number of rotatable bonds is 3. The molecule has 0 aromatic heterocycles. The van der Waals surface area contributed by atoms with Crippen LogP contribution in [0.4, 0.5) is 10.5 Å². The number of carbonyl (C=O) groups is 1. The van der Waals surface area contributed by atoms with Gasteiger partial charge >= 0.3 is 6.03 Å². The monoisotopic (exact) mass is 292 g/mol. The molecule has 1 heterocycles. The number of nitrogens with one attached hydrogen (secondary N) is 1. The van der Waals surface area contributed by atoms with Crippen molar-refractivity contribution >= 4 is 11.7 Å². The third-order valence-corrected chi connectivity index (χ3v) is 4.95. The molecule has 1 aliphatic carbocycles. The van der Waals surface area contributed by atoms with E-state index >= 15 is 0 Å². The van der Waals surface area contributed by atoms with Crippen LogP contribution in [0.2, 0.25) is 0 Å². The molecule has 112 valence electrons. The zero-order chi connectivity index (χ0) is 15.0. The molecule has 0 atom stereocenters. The first-order valence-electron chi connectivity index (χ1n) is 7.97. The number of fused-ring (bicyclic) bond motifs is 1. The van der Waals surface area contributed by atoms with Gasteiger partial charge in [-0.05, 0) is 36.5 Å². The predicted molar refractivity (Wildman–Crippen MR) is 88.2 cm³/mol. The summed E-state index contributed by atoms with van der Waals surface area (Å²) in [6, 6.07) is 18.7. The number of carbonyl (C=O) groups excluding carboxylic acids is 1. The summed E-state index contributed by atoms with van der Waals surface area (Å²) in [5.74, 6) is 0. The zero-order valence-corrected chi connectivity index (χ0v) is 12.6. The number of amides is 2. The van der Waals surface area contributed by atoms with Gasteiger partial charge in [0.05, 0.1) is 0 Å². The van der Waals surface area contributed by atoms with Crippen molar-refractivity contribution in [2.24, 2.45) is 0 Å². The van der Waals surface area contributed by atoms with Crippen LogP contribution in [0.5, 0.6) is 0 Å². The second-order valence-corrected chi connectivity index (χ2v) is 6.34. The highest BCUT2D eigenvalue weighted by atomic mass is 16.2. The highest BCUT2D eigenvalue weighted by molar-refractivity contribution is 5.94. The quantitative estimate of drug-likeness (QED) is 0.922. The Kier molecular flexibility index (Phi) is 3.14. The second-order valence-electron chi connectivity index (χ2n) is 6.34. The van der Waals surface area contributed by atoms with Crippen LogP contribution in [0.15, 0.2) is 54.6 Å². The largest absolute Gasteiger partial charge is 0.337 e. The van der Waals surface area contributed by atoms with Gasteiger partial charge in [-0.25, -0.2) is 4.79 Å². The average molecular weight is 292 g/mol. The summed E-state index contributed by atoms with van der Waals surface area (Å²) in [4.78, 5) is 14.4. The lowest BCUT2D eigenvalue weighted by molar-refractivity contribution is 0.245. The van der Waals surface area contributed by atoms with Crippen molar-refractivity contribution < 1.29 is 4.79 Å². The van der Waals surface area contributed by atoms with E-state index in [1.165, 1.54) is 11.1 Å². The minimum Gasteiger partial charge on any atom is -0.337 e. The van der Waals surface area contributed by atoms with Gasteiger partial charge in [-0.15, -0.1) is 0 Å². The number of hydrogen-bond donors (Lipinski definition) is 1. The van der Waals surface area contributed by atoms with Crippen LogP contribution >= 0.6 is 0 Å². The first kappa shape index (κ1) is 13.4. The van der Waals surface area contributed by atoms with E-state index in [-0.39, 0.29) is 11.4 Å². The van der Waals surface area contributed by atoms with Crippen molar-refractivity contribution in [3.8, 4) is 0 Å². The Labute approximate surface area is 131 Å². The van der Waals surface area contributed by atoms with Gasteiger partial charge in [0.15, 0.2) is 0 Å². The molecule has 1 saturated carbocycles. The summed E-state index contributed by atoms with van der Waals surface area (Å²) in [6.45, 7) is 1.51. The molecule has 2 aliphatic rings. The lowest BCUT2D eigenvalue weighted by Crippen LogP contribution is -2.42. The predicted octanol–water partition coefficient (Wildman–Crippen LogP) is 3.49. The summed E-state index contributed by atoms with van der Waals surface area (Å²) >= 11 is 0. The van der Waals surface area contributed by atoms with Crippen LogP contribution in [-0.4, -0.2) is 19.1 Å². The van der Waals surface area contributed by atoms with Crippen molar-refractivity contribution in [3.63, 3.8) is 0 Å². The second kappa shape index (κ2) is 5.16. The minimum absolute atomic E-state index is 0.0344. The van der Waals surface area contributed by atoms with E-state index in [0.29, 0.717) is 0 Å². The Morgan fingerprint density at radius 3 is 2.55 bits per heavy atom. The van der Waals surface area contributed by atoms with E-state index in [2.05, 4.69) is 35.6 Å². The van der Waals surface area contributed by atoms with Gasteiger partial charge in [-0.2, -0.15) is 0 Å². The fraction of sp³-hybridized carbons (Fsp3) is 0.316. The summed E-state index contributed by atoms with van der Waals surface area (Å²) < 4.78 is 0. The van der Waals surface area contributed by atoms with Crippen LogP contribution < -0.4 is 10.2 Å². The van der Waals surface area contributed by atoms with Gasteiger partial charge in [0.2, 0.25) is 0 Å². The molecule has 22 heavy (non-hydrogen) atoms. The summed E-state index contributed by atoms with van der Waals surface area (Å²) in [5, 5.41) is 3.15. The number of nitrogens with zero attached hydrogens (tertiary/aromatic N) is 1.